The fourth-order valence-electron chi connectivity index (χ4n) is 6.04. The average molecular weight is 608 g/mol. The first-order chi connectivity index (χ1) is 21.6. The molecular formula is C33H37N9O3. The molecule has 45 heavy (non-hydrogen) atoms. The number of nitrogens with two attached hydrogens (primary N) is 1. The van der Waals surface area contributed by atoms with E-state index in [2.05, 4.69) is 32.9 Å². The smallest absolute Gasteiger partial charge is 0.335 e. The second-order valence-electron chi connectivity index (χ2n) is 12.3. The number of rotatable bonds is 8. The van der Waals surface area contributed by atoms with E-state index in [-0.39, 0.29) is 28.9 Å². The van der Waals surface area contributed by atoms with Crippen LogP contribution in [0.4, 0.5) is 5.82 Å². The molecule has 2 N–H and O–H groups in total. The third-order valence-corrected chi connectivity index (χ3v) is 8.66. The Morgan fingerprint density at radius 2 is 1.71 bits per heavy atom. The van der Waals surface area contributed by atoms with Crippen molar-refractivity contribution in [1.82, 2.24) is 33.8 Å². The van der Waals surface area contributed by atoms with E-state index in [9.17, 15) is 14.9 Å². The van der Waals surface area contributed by atoms with Crippen molar-refractivity contribution in [3.63, 3.8) is 0 Å². The number of anilines is 1. The van der Waals surface area contributed by atoms with Crippen LogP contribution in [0.15, 0.2) is 77.4 Å². The summed E-state index contributed by atoms with van der Waals surface area (Å²) in [4.78, 5) is 41.9. The van der Waals surface area contributed by atoms with Crippen LogP contribution in [-0.4, -0.2) is 91.6 Å². The summed E-state index contributed by atoms with van der Waals surface area (Å²) >= 11 is 0. The molecule has 0 bridgehead atoms. The Morgan fingerprint density at radius 3 is 2.38 bits per heavy atom. The van der Waals surface area contributed by atoms with Crippen LogP contribution in [0, 0.1) is 17.2 Å². The largest absolute Gasteiger partial charge is 0.457 e. The molecule has 232 valence electrons. The van der Waals surface area contributed by atoms with Crippen LogP contribution in [0.5, 0.6) is 11.5 Å². The number of para-hydroxylation sites is 1. The number of hydrogen-bond donors (Lipinski definition) is 1. The lowest BCUT2D eigenvalue weighted by Gasteiger charge is -2.42. The number of fused-ring (bicyclic) bond motifs is 1. The van der Waals surface area contributed by atoms with Gasteiger partial charge in [-0.15, -0.1) is 0 Å². The second kappa shape index (κ2) is 12.2. The fraction of sp³-hybridized carbons (Fsp3) is 0.364. The van der Waals surface area contributed by atoms with E-state index in [1.54, 1.807) is 39.8 Å². The normalized spacial score (nSPS) is 16.8. The minimum Gasteiger partial charge on any atom is -0.457 e. The number of nitriles is 1. The molecule has 2 saturated heterocycles. The molecule has 4 aromatic rings. The van der Waals surface area contributed by atoms with Gasteiger partial charge in [0, 0.05) is 57.3 Å². The molecule has 2 aromatic heterocycles. The second-order valence-corrected chi connectivity index (χ2v) is 12.3. The van der Waals surface area contributed by atoms with Gasteiger partial charge in [0.1, 0.15) is 35.0 Å². The van der Waals surface area contributed by atoms with Gasteiger partial charge in [-0.25, -0.2) is 14.8 Å². The number of carbonyl (C=O) groups excluding carboxylic acids is 1. The first-order valence-corrected chi connectivity index (χ1v) is 15.1. The van der Waals surface area contributed by atoms with Gasteiger partial charge in [0.25, 0.3) is 5.91 Å². The molecule has 0 radical (unpaired) electrons. The molecule has 12 nitrogen and oxygen atoms in total. The Labute approximate surface area is 261 Å². The van der Waals surface area contributed by atoms with Crippen LogP contribution >= 0.6 is 0 Å². The summed E-state index contributed by atoms with van der Waals surface area (Å²) in [5, 5.41) is 9.88. The monoisotopic (exact) mass is 607 g/mol. The molecule has 4 heterocycles. The first kappa shape index (κ1) is 30.1. The molecule has 0 spiro atoms. The Kier molecular flexibility index (Phi) is 8.14. The lowest BCUT2D eigenvalue weighted by atomic mass is 9.95. The molecule has 2 aliphatic heterocycles. The zero-order valence-corrected chi connectivity index (χ0v) is 25.8. The highest BCUT2D eigenvalue weighted by atomic mass is 16.5. The van der Waals surface area contributed by atoms with Gasteiger partial charge in [-0.3, -0.25) is 18.8 Å². The molecule has 6 rings (SSSR count). The highest BCUT2D eigenvalue weighted by Gasteiger charge is 2.36. The summed E-state index contributed by atoms with van der Waals surface area (Å²) in [6.45, 7) is 8.93. The van der Waals surface area contributed by atoms with Crippen molar-refractivity contribution in [3.8, 4) is 23.3 Å². The number of piperazine rings is 1. The standard InChI is InChI=1S/C33H37N9O3/c1-33(2,40-15-13-38(3)14-16-40)17-24(18-34)31(43)39-19-23(20-39)21-41-30-28(29(35)36-22-37-30)42(32(41)44)25-9-11-27(12-10-25)45-26-7-5-4-6-8-26/h4-12,17,22-23H,13-16,19-21H2,1-3H3,(H2,35,36,37). The van der Waals surface area contributed by atoms with Crippen molar-refractivity contribution < 1.29 is 9.53 Å². The van der Waals surface area contributed by atoms with Gasteiger partial charge in [0.05, 0.1) is 5.69 Å². The predicted octanol–water partition coefficient (Wildman–Crippen LogP) is 2.89. The molecule has 2 aliphatic rings. The number of nitrogens with zero attached hydrogens (tertiary/aromatic N) is 8. The van der Waals surface area contributed by atoms with Gasteiger partial charge >= 0.3 is 5.69 Å². The van der Waals surface area contributed by atoms with Gasteiger partial charge < -0.3 is 20.3 Å². The van der Waals surface area contributed by atoms with Crippen LogP contribution in [-0.2, 0) is 11.3 Å². The summed E-state index contributed by atoms with van der Waals surface area (Å²) < 4.78 is 9.00. The van der Waals surface area contributed by atoms with Crippen molar-refractivity contribution in [2.45, 2.75) is 25.9 Å². The van der Waals surface area contributed by atoms with E-state index in [0.717, 1.165) is 26.2 Å². The Hall–Kier alpha value is -4.99. The average Bonchev–Trinajstić information content (AvgIpc) is 3.30. The van der Waals surface area contributed by atoms with Gasteiger partial charge in [0.15, 0.2) is 11.5 Å². The number of benzene rings is 2. The van der Waals surface area contributed by atoms with E-state index in [1.165, 1.54) is 10.9 Å². The number of ether oxygens (including phenoxy) is 1. The van der Waals surface area contributed by atoms with Gasteiger partial charge in [-0.05, 0) is 63.4 Å². The molecular weight excluding hydrogens is 570 g/mol. The van der Waals surface area contributed by atoms with Crippen LogP contribution in [0.25, 0.3) is 16.9 Å². The number of hydrogen-bond acceptors (Lipinski definition) is 9. The van der Waals surface area contributed by atoms with Crippen molar-refractivity contribution in [2.24, 2.45) is 5.92 Å². The Balaban J connectivity index is 1.18. The van der Waals surface area contributed by atoms with Gasteiger partial charge in [0.2, 0.25) is 0 Å². The summed E-state index contributed by atoms with van der Waals surface area (Å²) in [5.41, 5.74) is 7.13. The molecule has 2 aromatic carbocycles. The summed E-state index contributed by atoms with van der Waals surface area (Å²) in [6.07, 6.45) is 3.14. The maximum Gasteiger partial charge on any atom is 0.335 e. The predicted molar refractivity (Wildman–Crippen MR) is 171 cm³/mol. The zero-order chi connectivity index (χ0) is 31.7. The maximum absolute atomic E-state index is 13.8. The molecule has 12 heteroatoms. The number of likely N-dealkylation sites (N-methyl/N-ethyl adjacent to an activating group) is 1. The van der Waals surface area contributed by atoms with Crippen LogP contribution < -0.4 is 16.2 Å². The number of carbonyl (C=O) groups is 1. The van der Waals surface area contributed by atoms with Gasteiger partial charge in [-0.1, -0.05) is 18.2 Å². The number of amides is 1. The third kappa shape index (κ3) is 6.05. The van der Waals surface area contributed by atoms with E-state index in [1.807, 2.05) is 44.2 Å². The Morgan fingerprint density at radius 1 is 1.04 bits per heavy atom. The van der Waals surface area contributed by atoms with E-state index >= 15 is 0 Å². The quantitative estimate of drug-likeness (QED) is 0.237. The van der Waals surface area contributed by atoms with Crippen LogP contribution in [0.1, 0.15) is 13.8 Å². The molecule has 0 atom stereocenters. The maximum atomic E-state index is 13.8. The highest BCUT2D eigenvalue weighted by molar-refractivity contribution is 5.98. The van der Waals surface area contributed by atoms with E-state index < -0.39 is 5.54 Å². The topological polar surface area (TPSA) is 139 Å². The SMILES string of the molecule is CN1CCN(C(C)(C)C=C(C#N)C(=O)N2CC(Cn3c(=O)n(-c4ccc(Oc5ccccc5)cc4)c4c(N)ncnc43)C2)CC1. The Bertz CT molecular complexity index is 1820. The van der Waals surface area contributed by atoms with E-state index in [0.29, 0.717) is 48.0 Å². The summed E-state index contributed by atoms with van der Waals surface area (Å²) in [5.74, 6) is 1.26. The number of aromatic nitrogens is 4. The number of imidazole rings is 1. The van der Waals surface area contributed by atoms with E-state index in [4.69, 9.17) is 10.5 Å². The lowest BCUT2D eigenvalue weighted by Crippen LogP contribution is -2.54. The minimum atomic E-state index is -0.424. The van der Waals surface area contributed by atoms with Gasteiger partial charge in [-0.2, -0.15) is 5.26 Å². The third-order valence-electron chi connectivity index (χ3n) is 8.66. The summed E-state index contributed by atoms with van der Waals surface area (Å²) in [7, 11) is 2.10. The molecule has 0 unspecified atom stereocenters. The zero-order valence-electron chi connectivity index (χ0n) is 25.8. The van der Waals surface area contributed by atoms with Crippen molar-refractivity contribution >= 4 is 22.9 Å². The molecule has 1 amide bonds. The number of nitrogen functional groups attached to an aromatic ring is 1. The highest BCUT2D eigenvalue weighted by Crippen LogP contribution is 2.27. The van der Waals surface area contributed by atoms with Crippen molar-refractivity contribution in [1.29, 1.82) is 5.26 Å². The molecule has 0 saturated carbocycles. The minimum absolute atomic E-state index is 0.00845. The molecule has 0 aliphatic carbocycles. The number of likely N-dealkylation sites (tertiary alicyclic amines) is 1. The van der Waals surface area contributed by atoms with Crippen LogP contribution in [0.2, 0.25) is 0 Å². The first-order valence-electron chi connectivity index (χ1n) is 15.1. The van der Waals surface area contributed by atoms with Crippen molar-refractivity contribution in [2.75, 3.05) is 52.0 Å². The van der Waals surface area contributed by atoms with Crippen molar-refractivity contribution in [3.05, 3.63) is 83.1 Å². The lowest BCUT2D eigenvalue weighted by molar-refractivity contribution is -0.133. The van der Waals surface area contributed by atoms with Crippen LogP contribution in [0.3, 0.4) is 0 Å². The summed E-state index contributed by atoms with van der Waals surface area (Å²) in [6, 6.07) is 18.7. The fourth-order valence-corrected chi connectivity index (χ4v) is 6.04. The molecule has 2 fully saturated rings.